The van der Waals surface area contributed by atoms with Crippen LogP contribution in [-0.2, 0) is 19.9 Å². The number of fused-ring (bicyclic) bond motifs is 7. The van der Waals surface area contributed by atoms with Crippen LogP contribution in [0.4, 0.5) is 11.4 Å². The standard InChI is InChI=1S/C22H17BrClN3O3/c23-12-6-1-2-8-14(12)27-19(28)16-15-9-4-10-26(15)22(17(16)20(27)29)11-5-3-7-13(24)18(11)25-21(22)30/h1-3,5-8,15-17H,4,9-10H2,(H,25,30). The SMILES string of the molecule is O=C1C2C3CCCN3C3(C(=O)Nc4c(Cl)cccc43)C2C(=O)N1c1ccccc1Br. The molecule has 152 valence electrons. The number of rotatable bonds is 1. The minimum atomic E-state index is -1.20. The van der Waals surface area contributed by atoms with E-state index in [1.165, 1.54) is 4.90 Å². The first-order valence-electron chi connectivity index (χ1n) is 9.97. The van der Waals surface area contributed by atoms with E-state index in [2.05, 4.69) is 26.1 Å². The third-order valence-electron chi connectivity index (χ3n) is 7.07. The van der Waals surface area contributed by atoms with Gasteiger partial charge in [0.2, 0.25) is 11.8 Å². The van der Waals surface area contributed by atoms with E-state index in [0.717, 1.165) is 12.8 Å². The number of nitrogens with one attached hydrogen (secondary N) is 1. The molecule has 6 nitrogen and oxygen atoms in total. The Kier molecular flexibility index (Phi) is 3.80. The Morgan fingerprint density at radius 3 is 2.67 bits per heavy atom. The molecule has 2 aromatic carbocycles. The van der Waals surface area contributed by atoms with Crippen molar-refractivity contribution in [3.05, 3.63) is 57.5 Å². The second-order valence-electron chi connectivity index (χ2n) is 8.25. The number of nitrogens with zero attached hydrogens (tertiary/aromatic N) is 2. The summed E-state index contributed by atoms with van der Waals surface area (Å²) in [7, 11) is 0. The molecular weight excluding hydrogens is 470 g/mol. The Hall–Kier alpha value is -2.22. The fraction of sp³-hybridized carbons (Fsp3) is 0.318. The maximum atomic E-state index is 13.8. The van der Waals surface area contributed by atoms with Crippen LogP contribution < -0.4 is 10.2 Å². The van der Waals surface area contributed by atoms with Crippen LogP contribution in [0.15, 0.2) is 46.9 Å². The Labute approximate surface area is 186 Å². The van der Waals surface area contributed by atoms with Gasteiger partial charge in [-0.2, -0.15) is 0 Å². The number of imide groups is 1. The van der Waals surface area contributed by atoms with Gasteiger partial charge in [0.05, 0.1) is 28.2 Å². The summed E-state index contributed by atoms with van der Waals surface area (Å²) >= 11 is 9.86. The van der Waals surface area contributed by atoms with Crippen molar-refractivity contribution in [3.63, 3.8) is 0 Å². The summed E-state index contributed by atoms with van der Waals surface area (Å²) in [5.41, 5.74) is 0.574. The molecule has 3 saturated heterocycles. The molecule has 2 aromatic rings. The van der Waals surface area contributed by atoms with E-state index >= 15 is 0 Å². The van der Waals surface area contributed by atoms with Crippen molar-refractivity contribution in [2.75, 3.05) is 16.8 Å². The lowest BCUT2D eigenvalue weighted by Crippen LogP contribution is -2.54. The number of hydrogen-bond donors (Lipinski definition) is 1. The van der Waals surface area contributed by atoms with E-state index in [9.17, 15) is 14.4 Å². The predicted octanol–water partition coefficient (Wildman–Crippen LogP) is 3.53. The van der Waals surface area contributed by atoms with E-state index < -0.39 is 17.4 Å². The van der Waals surface area contributed by atoms with Crippen molar-refractivity contribution in [1.29, 1.82) is 0 Å². The van der Waals surface area contributed by atoms with Crippen molar-refractivity contribution in [1.82, 2.24) is 4.90 Å². The van der Waals surface area contributed by atoms with Crippen molar-refractivity contribution in [2.45, 2.75) is 24.4 Å². The molecular formula is C22H17BrClN3O3. The summed E-state index contributed by atoms with van der Waals surface area (Å²) in [6.45, 7) is 0.673. The lowest BCUT2D eigenvalue weighted by atomic mass is 9.75. The summed E-state index contributed by atoms with van der Waals surface area (Å²) in [6.07, 6.45) is 1.67. The summed E-state index contributed by atoms with van der Waals surface area (Å²) in [6, 6.07) is 12.4. The van der Waals surface area contributed by atoms with Crippen LogP contribution in [-0.4, -0.2) is 35.2 Å². The third-order valence-corrected chi connectivity index (χ3v) is 8.06. The minimum absolute atomic E-state index is 0.144. The second kappa shape index (κ2) is 6.15. The number of carbonyl (C=O) groups excluding carboxylic acids is 3. The zero-order valence-corrected chi connectivity index (χ0v) is 18.1. The van der Waals surface area contributed by atoms with Gasteiger partial charge in [0.25, 0.3) is 5.91 Å². The summed E-state index contributed by atoms with van der Waals surface area (Å²) in [5, 5.41) is 3.36. The summed E-state index contributed by atoms with van der Waals surface area (Å²) in [5.74, 6) is -2.15. The summed E-state index contributed by atoms with van der Waals surface area (Å²) < 4.78 is 0.670. The molecule has 0 aliphatic carbocycles. The molecule has 8 heteroatoms. The summed E-state index contributed by atoms with van der Waals surface area (Å²) in [4.78, 5) is 44.4. The molecule has 4 aliphatic rings. The Morgan fingerprint density at radius 2 is 1.87 bits per heavy atom. The topological polar surface area (TPSA) is 69.7 Å². The average Bonchev–Trinajstić information content (AvgIpc) is 3.42. The molecule has 4 unspecified atom stereocenters. The fourth-order valence-electron chi connectivity index (χ4n) is 6.06. The number of anilines is 2. The van der Waals surface area contributed by atoms with Crippen molar-refractivity contribution >= 4 is 56.6 Å². The number of carbonyl (C=O) groups is 3. The highest BCUT2D eigenvalue weighted by Gasteiger charge is 2.74. The Balaban J connectivity index is 1.59. The number of benzene rings is 2. The molecule has 4 aliphatic heterocycles. The van der Waals surface area contributed by atoms with Crippen molar-refractivity contribution in [3.8, 4) is 0 Å². The third kappa shape index (κ3) is 2.01. The highest BCUT2D eigenvalue weighted by Crippen LogP contribution is 2.61. The van der Waals surface area contributed by atoms with Crippen LogP contribution >= 0.6 is 27.5 Å². The van der Waals surface area contributed by atoms with E-state index in [1.807, 2.05) is 12.1 Å². The lowest BCUT2D eigenvalue weighted by molar-refractivity contribution is -0.135. The molecule has 6 rings (SSSR count). The fourth-order valence-corrected chi connectivity index (χ4v) is 6.75. The largest absolute Gasteiger partial charge is 0.323 e. The van der Waals surface area contributed by atoms with Crippen LogP contribution in [0.1, 0.15) is 18.4 Å². The van der Waals surface area contributed by atoms with Crippen molar-refractivity contribution in [2.24, 2.45) is 11.8 Å². The Bertz CT molecular complexity index is 1150. The molecule has 3 amide bonds. The zero-order valence-electron chi connectivity index (χ0n) is 15.8. The first-order valence-corrected chi connectivity index (χ1v) is 11.1. The van der Waals surface area contributed by atoms with Crippen LogP contribution in [0, 0.1) is 11.8 Å². The van der Waals surface area contributed by atoms with Gasteiger partial charge in [-0.25, -0.2) is 4.90 Å². The van der Waals surface area contributed by atoms with Gasteiger partial charge in [-0.3, -0.25) is 19.3 Å². The van der Waals surface area contributed by atoms with Gasteiger partial charge < -0.3 is 5.32 Å². The van der Waals surface area contributed by atoms with E-state index in [1.54, 1.807) is 30.3 Å². The van der Waals surface area contributed by atoms with Crippen molar-refractivity contribution < 1.29 is 14.4 Å². The predicted molar refractivity (Wildman–Crippen MR) is 115 cm³/mol. The van der Waals surface area contributed by atoms with Crippen LogP contribution in [0.3, 0.4) is 0 Å². The van der Waals surface area contributed by atoms with Gasteiger partial charge >= 0.3 is 0 Å². The number of amides is 3. The van der Waals surface area contributed by atoms with Gasteiger partial charge in [-0.05, 0) is 53.5 Å². The van der Waals surface area contributed by atoms with Gasteiger partial charge in [0.1, 0.15) is 5.54 Å². The van der Waals surface area contributed by atoms with Crippen LogP contribution in [0.25, 0.3) is 0 Å². The molecule has 1 N–H and O–H groups in total. The molecule has 0 saturated carbocycles. The molecule has 0 aromatic heterocycles. The molecule has 30 heavy (non-hydrogen) atoms. The quantitative estimate of drug-likeness (QED) is 0.626. The molecule has 3 fully saturated rings. The number of hydrogen-bond acceptors (Lipinski definition) is 4. The molecule has 1 spiro atoms. The van der Waals surface area contributed by atoms with Gasteiger partial charge in [-0.15, -0.1) is 0 Å². The molecule has 0 radical (unpaired) electrons. The first kappa shape index (κ1) is 18.5. The lowest BCUT2D eigenvalue weighted by Gasteiger charge is -2.36. The van der Waals surface area contributed by atoms with E-state index in [4.69, 9.17) is 11.6 Å². The van der Waals surface area contributed by atoms with E-state index in [-0.39, 0.29) is 23.8 Å². The van der Waals surface area contributed by atoms with Crippen LogP contribution in [0.2, 0.25) is 5.02 Å². The van der Waals surface area contributed by atoms with E-state index in [0.29, 0.717) is 33.0 Å². The highest BCUT2D eigenvalue weighted by molar-refractivity contribution is 9.10. The zero-order chi connectivity index (χ0) is 20.8. The first-order chi connectivity index (χ1) is 14.5. The second-order valence-corrected chi connectivity index (χ2v) is 9.51. The van der Waals surface area contributed by atoms with Gasteiger partial charge in [-0.1, -0.05) is 35.9 Å². The highest BCUT2D eigenvalue weighted by atomic mass is 79.9. The normalized spacial score (nSPS) is 32.0. The molecule has 4 atom stereocenters. The molecule has 4 heterocycles. The molecule has 0 bridgehead atoms. The smallest absolute Gasteiger partial charge is 0.250 e. The number of halogens is 2. The minimum Gasteiger partial charge on any atom is -0.323 e. The van der Waals surface area contributed by atoms with Crippen LogP contribution in [0.5, 0.6) is 0 Å². The maximum Gasteiger partial charge on any atom is 0.250 e. The van der Waals surface area contributed by atoms with Gasteiger partial charge in [0.15, 0.2) is 0 Å². The average molecular weight is 487 g/mol. The van der Waals surface area contributed by atoms with Gasteiger partial charge in [0, 0.05) is 16.1 Å². The monoisotopic (exact) mass is 485 g/mol. The Morgan fingerprint density at radius 1 is 1.07 bits per heavy atom. The maximum absolute atomic E-state index is 13.8. The number of para-hydroxylation sites is 2.